The zero-order valence-corrected chi connectivity index (χ0v) is 11.7. The number of rotatable bonds is 4. The van der Waals surface area contributed by atoms with Gasteiger partial charge in [-0.25, -0.2) is 13.8 Å². The van der Waals surface area contributed by atoms with Crippen LogP contribution in [0.3, 0.4) is 0 Å². The Balaban J connectivity index is 2.70. The molecule has 0 fully saturated rings. The number of anilines is 1. The van der Waals surface area contributed by atoms with Gasteiger partial charge in [-0.2, -0.15) is 0 Å². The number of nitrogens with zero attached hydrogens (tertiary/aromatic N) is 1. The van der Waals surface area contributed by atoms with E-state index in [9.17, 15) is 8.78 Å². The summed E-state index contributed by atoms with van der Waals surface area (Å²) in [5.74, 6) is 0. The molecule has 2 aromatic rings. The summed E-state index contributed by atoms with van der Waals surface area (Å²) in [4.78, 5) is 3.90. The van der Waals surface area contributed by atoms with Crippen molar-refractivity contribution in [2.75, 3.05) is 11.9 Å². The molecule has 0 saturated heterocycles. The fourth-order valence-electron chi connectivity index (χ4n) is 1.80. The third kappa shape index (κ3) is 2.90. The van der Waals surface area contributed by atoms with Crippen LogP contribution in [0.1, 0.15) is 25.5 Å². The maximum atomic E-state index is 12.9. The highest BCUT2D eigenvalue weighted by Crippen LogP contribution is 2.36. The molecular formula is C13H12Cl2F2N2. The summed E-state index contributed by atoms with van der Waals surface area (Å²) in [5, 5.41) is 4.40. The molecule has 0 bridgehead atoms. The fourth-order valence-corrected chi connectivity index (χ4v) is 2.25. The SMILES string of the molecule is CCCNc1cc(C(F)F)nc2c(Cl)ccc(Cl)c12. The van der Waals surface area contributed by atoms with Gasteiger partial charge in [-0.3, -0.25) is 0 Å². The van der Waals surface area contributed by atoms with Crippen molar-refractivity contribution in [1.82, 2.24) is 4.98 Å². The van der Waals surface area contributed by atoms with E-state index in [2.05, 4.69) is 10.3 Å². The van der Waals surface area contributed by atoms with E-state index in [0.717, 1.165) is 6.42 Å². The van der Waals surface area contributed by atoms with Crippen LogP contribution in [0.4, 0.5) is 14.5 Å². The zero-order valence-electron chi connectivity index (χ0n) is 10.2. The number of hydrogen-bond acceptors (Lipinski definition) is 2. The Hall–Kier alpha value is -1.13. The van der Waals surface area contributed by atoms with Gasteiger partial charge in [0, 0.05) is 17.6 Å². The van der Waals surface area contributed by atoms with Gasteiger partial charge in [-0.05, 0) is 24.6 Å². The van der Waals surface area contributed by atoms with Crippen molar-refractivity contribution in [3.8, 4) is 0 Å². The minimum atomic E-state index is -2.65. The van der Waals surface area contributed by atoms with Gasteiger partial charge in [0.05, 0.1) is 15.6 Å². The fraction of sp³-hybridized carbons (Fsp3) is 0.308. The van der Waals surface area contributed by atoms with Gasteiger partial charge in [-0.15, -0.1) is 0 Å². The molecule has 2 nitrogen and oxygen atoms in total. The lowest BCUT2D eigenvalue weighted by Crippen LogP contribution is -2.03. The molecule has 6 heteroatoms. The third-order valence-electron chi connectivity index (χ3n) is 2.67. The molecule has 0 saturated carbocycles. The molecule has 0 aliphatic rings. The van der Waals surface area contributed by atoms with Crippen molar-refractivity contribution in [2.24, 2.45) is 0 Å². The van der Waals surface area contributed by atoms with Crippen LogP contribution in [0.2, 0.25) is 10.0 Å². The number of nitrogens with one attached hydrogen (secondary N) is 1. The lowest BCUT2D eigenvalue weighted by molar-refractivity contribution is 0.146. The summed E-state index contributed by atoms with van der Waals surface area (Å²) < 4.78 is 25.7. The van der Waals surface area contributed by atoms with E-state index >= 15 is 0 Å². The topological polar surface area (TPSA) is 24.9 Å². The van der Waals surface area contributed by atoms with Crippen LogP contribution < -0.4 is 5.32 Å². The summed E-state index contributed by atoms with van der Waals surface area (Å²) in [6, 6.07) is 4.51. The Kier molecular flexibility index (Phi) is 4.42. The summed E-state index contributed by atoms with van der Waals surface area (Å²) in [7, 11) is 0. The van der Waals surface area contributed by atoms with Crippen molar-refractivity contribution >= 4 is 39.8 Å². The number of aromatic nitrogens is 1. The van der Waals surface area contributed by atoms with E-state index in [1.54, 1.807) is 12.1 Å². The largest absolute Gasteiger partial charge is 0.384 e. The molecular weight excluding hydrogens is 293 g/mol. The van der Waals surface area contributed by atoms with Gasteiger partial charge in [0.2, 0.25) is 0 Å². The minimum absolute atomic E-state index is 0.297. The van der Waals surface area contributed by atoms with Gasteiger partial charge in [0.1, 0.15) is 5.69 Å². The highest BCUT2D eigenvalue weighted by molar-refractivity contribution is 6.40. The first-order valence-corrected chi connectivity index (χ1v) is 6.60. The lowest BCUT2D eigenvalue weighted by atomic mass is 10.1. The Morgan fingerprint density at radius 2 is 1.95 bits per heavy atom. The Bertz CT molecular complexity index is 603. The second-order valence-electron chi connectivity index (χ2n) is 4.07. The molecule has 0 unspecified atom stereocenters. The number of alkyl halides is 2. The number of halogens is 4. The summed E-state index contributed by atoms with van der Waals surface area (Å²) in [5.41, 5.74) is 0.524. The van der Waals surface area contributed by atoms with Crippen LogP contribution in [-0.4, -0.2) is 11.5 Å². The number of benzene rings is 1. The Morgan fingerprint density at radius 1 is 1.26 bits per heavy atom. The Labute approximate surface area is 119 Å². The first-order chi connectivity index (χ1) is 9.04. The molecule has 102 valence electrons. The lowest BCUT2D eigenvalue weighted by Gasteiger charge is -2.13. The summed E-state index contributed by atoms with van der Waals surface area (Å²) in [6.07, 6.45) is -1.78. The second kappa shape index (κ2) is 5.88. The molecule has 0 spiro atoms. The molecule has 1 heterocycles. The first kappa shape index (κ1) is 14.3. The van der Waals surface area contributed by atoms with E-state index in [1.165, 1.54) is 6.07 Å². The molecule has 0 aliphatic heterocycles. The van der Waals surface area contributed by atoms with E-state index in [0.29, 0.717) is 33.2 Å². The number of fused-ring (bicyclic) bond motifs is 1. The first-order valence-electron chi connectivity index (χ1n) is 5.85. The number of pyridine rings is 1. The van der Waals surface area contributed by atoms with Crippen LogP contribution in [0, 0.1) is 0 Å². The average molecular weight is 305 g/mol. The van der Waals surface area contributed by atoms with Crippen LogP contribution in [-0.2, 0) is 0 Å². The average Bonchev–Trinajstić information content (AvgIpc) is 2.39. The summed E-state index contributed by atoms with van der Waals surface area (Å²) in [6.45, 7) is 2.64. The smallest absolute Gasteiger partial charge is 0.280 e. The van der Waals surface area contributed by atoms with Crippen LogP contribution in [0.15, 0.2) is 18.2 Å². The van der Waals surface area contributed by atoms with Crippen molar-refractivity contribution in [2.45, 2.75) is 19.8 Å². The van der Waals surface area contributed by atoms with Gasteiger partial charge in [0.15, 0.2) is 0 Å². The van der Waals surface area contributed by atoms with Crippen molar-refractivity contribution in [3.63, 3.8) is 0 Å². The number of hydrogen-bond donors (Lipinski definition) is 1. The molecule has 1 N–H and O–H groups in total. The third-order valence-corrected chi connectivity index (χ3v) is 3.29. The highest BCUT2D eigenvalue weighted by atomic mass is 35.5. The second-order valence-corrected chi connectivity index (χ2v) is 4.89. The normalized spacial score (nSPS) is 11.3. The van der Waals surface area contributed by atoms with Gasteiger partial charge in [0.25, 0.3) is 6.43 Å². The molecule has 19 heavy (non-hydrogen) atoms. The monoisotopic (exact) mass is 304 g/mol. The molecule has 1 aromatic heterocycles. The predicted molar refractivity (Wildman–Crippen MR) is 75.5 cm³/mol. The standard InChI is InChI=1S/C13H12Cl2F2N2/c1-2-5-18-9-6-10(13(16)17)19-12-8(15)4-3-7(14)11(9)12/h3-4,6,13H,2,5H2,1H3,(H,18,19). The van der Waals surface area contributed by atoms with Crippen molar-refractivity contribution < 1.29 is 8.78 Å². The molecule has 0 aliphatic carbocycles. The van der Waals surface area contributed by atoms with E-state index in [1.807, 2.05) is 6.92 Å². The minimum Gasteiger partial charge on any atom is -0.384 e. The molecule has 2 rings (SSSR count). The van der Waals surface area contributed by atoms with Crippen molar-refractivity contribution in [3.05, 3.63) is 33.9 Å². The van der Waals surface area contributed by atoms with Crippen molar-refractivity contribution in [1.29, 1.82) is 0 Å². The maximum Gasteiger partial charge on any atom is 0.280 e. The highest BCUT2D eigenvalue weighted by Gasteiger charge is 2.16. The van der Waals surface area contributed by atoms with Gasteiger partial charge in [-0.1, -0.05) is 30.1 Å². The quantitative estimate of drug-likeness (QED) is 0.829. The van der Waals surface area contributed by atoms with Crippen LogP contribution >= 0.6 is 23.2 Å². The Morgan fingerprint density at radius 3 is 2.58 bits per heavy atom. The van der Waals surface area contributed by atoms with Crippen LogP contribution in [0.5, 0.6) is 0 Å². The van der Waals surface area contributed by atoms with E-state index in [4.69, 9.17) is 23.2 Å². The summed E-state index contributed by atoms with van der Waals surface area (Å²) >= 11 is 12.1. The zero-order chi connectivity index (χ0) is 14.0. The maximum absolute atomic E-state index is 12.9. The van der Waals surface area contributed by atoms with Gasteiger partial charge < -0.3 is 5.32 Å². The van der Waals surface area contributed by atoms with E-state index in [-0.39, 0.29) is 5.69 Å². The van der Waals surface area contributed by atoms with Crippen LogP contribution in [0.25, 0.3) is 10.9 Å². The molecule has 0 atom stereocenters. The predicted octanol–water partition coefficient (Wildman–Crippen LogP) is 5.30. The molecule has 0 amide bonds. The van der Waals surface area contributed by atoms with Gasteiger partial charge >= 0.3 is 0 Å². The molecule has 0 radical (unpaired) electrons. The van der Waals surface area contributed by atoms with E-state index < -0.39 is 6.43 Å². The molecule has 1 aromatic carbocycles.